The van der Waals surface area contributed by atoms with Crippen molar-refractivity contribution in [3.05, 3.63) is 29.8 Å². The Kier molecular flexibility index (Phi) is 5.45. The van der Waals surface area contributed by atoms with Gasteiger partial charge in [-0.3, -0.25) is 4.79 Å². The van der Waals surface area contributed by atoms with E-state index in [2.05, 4.69) is 4.74 Å². The smallest absolute Gasteiger partial charge is 0.406 e. The van der Waals surface area contributed by atoms with E-state index in [-0.39, 0.29) is 23.6 Å². The number of carbonyl (C=O) groups excluding carboxylic acids is 1. The maximum Gasteiger partial charge on any atom is 0.573 e. The highest BCUT2D eigenvalue weighted by Crippen LogP contribution is 2.23. The van der Waals surface area contributed by atoms with Crippen molar-refractivity contribution in [2.75, 3.05) is 7.05 Å². The molecule has 0 aliphatic heterocycles. The molecule has 22 heavy (non-hydrogen) atoms. The fraction of sp³-hybridized carbons (Fsp3) is 0.533. The molecule has 1 amide bonds. The van der Waals surface area contributed by atoms with E-state index in [1.165, 1.54) is 29.2 Å². The highest BCUT2D eigenvalue weighted by molar-refractivity contribution is 5.82. The fourth-order valence-corrected chi connectivity index (χ4v) is 1.76. The van der Waals surface area contributed by atoms with Crippen LogP contribution in [0.3, 0.4) is 0 Å². The van der Waals surface area contributed by atoms with Gasteiger partial charge < -0.3 is 15.4 Å². The second-order valence-corrected chi connectivity index (χ2v) is 6.23. The fourth-order valence-electron chi connectivity index (χ4n) is 1.76. The van der Waals surface area contributed by atoms with Gasteiger partial charge in [0.15, 0.2) is 0 Å². The second kappa shape index (κ2) is 6.56. The van der Waals surface area contributed by atoms with E-state index in [9.17, 15) is 18.0 Å². The minimum absolute atomic E-state index is 0.219. The van der Waals surface area contributed by atoms with Crippen molar-refractivity contribution in [3.63, 3.8) is 0 Å². The van der Waals surface area contributed by atoms with Crippen LogP contribution in [0, 0.1) is 5.41 Å². The Bertz CT molecular complexity index is 507. The Hall–Kier alpha value is -1.76. The van der Waals surface area contributed by atoms with Crippen LogP contribution < -0.4 is 10.5 Å². The number of hydrogen-bond donors (Lipinski definition) is 1. The summed E-state index contributed by atoms with van der Waals surface area (Å²) in [6.07, 6.45) is -4.71. The summed E-state index contributed by atoms with van der Waals surface area (Å²) in [5, 5.41) is 0. The number of amides is 1. The molecule has 0 heterocycles. The third-order valence-corrected chi connectivity index (χ3v) is 3.15. The van der Waals surface area contributed by atoms with Crippen molar-refractivity contribution >= 4 is 5.91 Å². The Labute approximate surface area is 128 Å². The van der Waals surface area contributed by atoms with Gasteiger partial charge in [-0.05, 0) is 23.1 Å². The third kappa shape index (κ3) is 5.55. The lowest BCUT2D eigenvalue weighted by atomic mass is 9.86. The molecule has 0 bridgehead atoms. The molecule has 0 aliphatic rings. The third-order valence-electron chi connectivity index (χ3n) is 3.15. The number of benzene rings is 1. The van der Waals surface area contributed by atoms with Gasteiger partial charge in [-0.15, -0.1) is 13.2 Å². The van der Waals surface area contributed by atoms with Crippen LogP contribution in [-0.2, 0) is 11.3 Å². The van der Waals surface area contributed by atoms with Crippen molar-refractivity contribution in [1.29, 1.82) is 0 Å². The zero-order valence-electron chi connectivity index (χ0n) is 13.1. The number of nitrogens with two attached hydrogens (primary N) is 1. The summed E-state index contributed by atoms with van der Waals surface area (Å²) < 4.78 is 40.0. The number of rotatable bonds is 4. The Morgan fingerprint density at radius 2 is 1.73 bits per heavy atom. The molecule has 1 aromatic rings. The van der Waals surface area contributed by atoms with Crippen molar-refractivity contribution in [2.45, 2.75) is 39.7 Å². The molecular formula is C15H21F3N2O2. The first-order valence-electron chi connectivity index (χ1n) is 6.75. The predicted molar refractivity (Wildman–Crippen MR) is 77.0 cm³/mol. The number of hydrogen-bond acceptors (Lipinski definition) is 3. The normalized spacial score (nSPS) is 13.6. The highest BCUT2D eigenvalue weighted by atomic mass is 19.4. The molecule has 4 nitrogen and oxygen atoms in total. The maximum absolute atomic E-state index is 12.2. The van der Waals surface area contributed by atoms with Gasteiger partial charge in [0.1, 0.15) is 5.75 Å². The highest BCUT2D eigenvalue weighted by Gasteiger charge is 2.31. The largest absolute Gasteiger partial charge is 0.573 e. The van der Waals surface area contributed by atoms with Crippen LogP contribution in [0.5, 0.6) is 5.75 Å². The van der Waals surface area contributed by atoms with Crippen molar-refractivity contribution in [3.8, 4) is 5.75 Å². The summed E-state index contributed by atoms with van der Waals surface area (Å²) in [6.45, 7) is 5.86. The topological polar surface area (TPSA) is 55.6 Å². The van der Waals surface area contributed by atoms with Crippen LogP contribution in [-0.4, -0.2) is 30.3 Å². The van der Waals surface area contributed by atoms with Crippen LogP contribution in [0.4, 0.5) is 13.2 Å². The maximum atomic E-state index is 12.2. The molecule has 2 N–H and O–H groups in total. The minimum atomic E-state index is -4.71. The molecule has 0 aliphatic carbocycles. The van der Waals surface area contributed by atoms with E-state index < -0.39 is 12.4 Å². The summed E-state index contributed by atoms with van der Waals surface area (Å²) in [5.74, 6) is -0.514. The zero-order valence-corrected chi connectivity index (χ0v) is 13.1. The molecule has 0 radical (unpaired) electrons. The van der Waals surface area contributed by atoms with Gasteiger partial charge in [-0.25, -0.2) is 0 Å². The molecule has 0 spiro atoms. The van der Waals surface area contributed by atoms with Crippen LogP contribution in [0.2, 0.25) is 0 Å². The molecule has 0 saturated heterocycles. The summed E-state index contributed by atoms with van der Waals surface area (Å²) >= 11 is 0. The molecular weight excluding hydrogens is 297 g/mol. The molecule has 124 valence electrons. The lowest BCUT2D eigenvalue weighted by Gasteiger charge is -2.30. The van der Waals surface area contributed by atoms with Crippen molar-refractivity contribution < 1.29 is 22.7 Å². The first kappa shape index (κ1) is 18.3. The van der Waals surface area contributed by atoms with Gasteiger partial charge in [0.25, 0.3) is 0 Å². The van der Waals surface area contributed by atoms with Gasteiger partial charge >= 0.3 is 6.36 Å². The average molecular weight is 318 g/mol. The molecule has 1 atom stereocenters. The first-order valence-corrected chi connectivity index (χ1v) is 6.75. The van der Waals surface area contributed by atoms with Gasteiger partial charge in [0, 0.05) is 13.6 Å². The zero-order chi connectivity index (χ0) is 17.1. The molecule has 0 unspecified atom stereocenters. The summed E-state index contributed by atoms with van der Waals surface area (Å²) in [6, 6.07) is 4.74. The van der Waals surface area contributed by atoms with Crippen molar-refractivity contribution in [2.24, 2.45) is 11.1 Å². The van der Waals surface area contributed by atoms with Gasteiger partial charge in [-0.2, -0.15) is 0 Å². The predicted octanol–water partition coefficient (Wildman–Crippen LogP) is 2.92. The van der Waals surface area contributed by atoms with Crippen LogP contribution in [0.25, 0.3) is 0 Å². The van der Waals surface area contributed by atoms with Crippen LogP contribution >= 0.6 is 0 Å². The van der Waals surface area contributed by atoms with E-state index in [1.54, 1.807) is 7.05 Å². The molecule has 1 rings (SSSR count). The SMILES string of the molecule is CN(Cc1ccc(OC(F)(F)F)cc1)C(=O)[C@@H](N)C(C)(C)C. The number of nitrogens with zero attached hydrogens (tertiary/aromatic N) is 1. The Balaban J connectivity index is 2.69. The van der Waals surface area contributed by atoms with Crippen molar-refractivity contribution in [1.82, 2.24) is 4.90 Å². The monoisotopic (exact) mass is 318 g/mol. The lowest BCUT2D eigenvalue weighted by Crippen LogP contribution is -2.48. The molecule has 0 aromatic heterocycles. The van der Waals surface area contributed by atoms with E-state index >= 15 is 0 Å². The number of ether oxygens (including phenoxy) is 1. The Morgan fingerprint density at radius 3 is 2.14 bits per heavy atom. The molecule has 7 heteroatoms. The second-order valence-electron chi connectivity index (χ2n) is 6.23. The summed E-state index contributed by atoms with van der Waals surface area (Å²) in [4.78, 5) is 13.6. The number of carbonyl (C=O) groups is 1. The standard InChI is InChI=1S/C15H21F3N2O2/c1-14(2,3)12(19)13(21)20(4)9-10-5-7-11(8-6-10)22-15(16,17)18/h5-8,12H,9,19H2,1-4H3/t12-/m1/s1. The van der Waals surface area contributed by atoms with Crippen LogP contribution in [0.1, 0.15) is 26.3 Å². The summed E-state index contributed by atoms with van der Waals surface area (Å²) in [7, 11) is 1.61. The molecule has 1 aromatic carbocycles. The van der Waals surface area contributed by atoms with Gasteiger partial charge in [0.2, 0.25) is 5.91 Å². The van der Waals surface area contributed by atoms with E-state index in [4.69, 9.17) is 5.73 Å². The van der Waals surface area contributed by atoms with E-state index in [0.29, 0.717) is 5.56 Å². The van der Waals surface area contributed by atoms with Crippen LogP contribution in [0.15, 0.2) is 24.3 Å². The quantitative estimate of drug-likeness (QED) is 0.928. The molecule has 0 fully saturated rings. The number of likely N-dealkylation sites (N-methyl/N-ethyl adjacent to an activating group) is 1. The number of alkyl halides is 3. The summed E-state index contributed by atoms with van der Waals surface area (Å²) in [5.41, 5.74) is 6.23. The Morgan fingerprint density at radius 1 is 1.23 bits per heavy atom. The number of halogens is 3. The molecule has 0 saturated carbocycles. The van der Waals surface area contributed by atoms with E-state index in [1.807, 2.05) is 20.8 Å². The van der Waals surface area contributed by atoms with Gasteiger partial charge in [0.05, 0.1) is 6.04 Å². The first-order chi connectivity index (χ1) is 9.90. The minimum Gasteiger partial charge on any atom is -0.406 e. The van der Waals surface area contributed by atoms with E-state index in [0.717, 1.165) is 0 Å². The lowest BCUT2D eigenvalue weighted by molar-refractivity contribution is -0.274. The average Bonchev–Trinajstić information content (AvgIpc) is 2.36. The van der Waals surface area contributed by atoms with Gasteiger partial charge in [-0.1, -0.05) is 32.9 Å².